The maximum absolute atomic E-state index is 3.26. The molecule has 0 spiro atoms. The van der Waals surface area contributed by atoms with E-state index in [2.05, 4.69) is 109 Å². The molecule has 0 saturated heterocycles. The van der Waals surface area contributed by atoms with Gasteiger partial charge in [-0.05, 0) is 70.1 Å². The Hall–Kier alpha value is -4.26. The smallest absolute Gasteiger partial charge is 0.0255 e. The fraction of sp³-hybridized carbons (Fsp3) is 0. The summed E-state index contributed by atoms with van der Waals surface area (Å²) in [6, 6.07) is 37.4. The Morgan fingerprint density at radius 2 is 0.633 bits per heavy atom. The zero-order chi connectivity index (χ0) is 20.2. The van der Waals surface area contributed by atoms with Gasteiger partial charge in [-0.1, -0.05) is 84.3 Å². The summed E-state index contributed by atoms with van der Waals surface area (Å²) in [7, 11) is 0. The molecule has 0 N–H and O–H groups in total. The first-order valence-electron chi connectivity index (χ1n) is 9.95. The molecule has 0 atom stereocenters. The average molecular weight is 378 g/mol. The van der Waals surface area contributed by atoms with Crippen LogP contribution in [0.25, 0.3) is 21.5 Å². The summed E-state index contributed by atoms with van der Waals surface area (Å²) in [5.41, 5.74) is 4.02. The second kappa shape index (κ2) is 8.00. The monoisotopic (exact) mass is 378 g/mol. The number of hydrogen-bond donors (Lipinski definition) is 0. The molecule has 5 aromatic carbocycles. The van der Waals surface area contributed by atoms with Crippen LogP contribution < -0.4 is 0 Å². The highest BCUT2D eigenvalue weighted by Crippen LogP contribution is 2.16. The molecule has 0 aliphatic rings. The number of benzene rings is 5. The van der Waals surface area contributed by atoms with E-state index in [1.54, 1.807) is 0 Å². The van der Waals surface area contributed by atoms with Crippen LogP contribution >= 0.6 is 0 Å². The van der Waals surface area contributed by atoms with Crippen LogP contribution in [0.15, 0.2) is 109 Å². The van der Waals surface area contributed by atoms with Gasteiger partial charge in [0.25, 0.3) is 0 Å². The third-order valence-corrected chi connectivity index (χ3v) is 5.09. The summed E-state index contributed by atoms with van der Waals surface area (Å²) in [4.78, 5) is 0. The minimum atomic E-state index is 0.986. The molecular formula is C30H18. The second-order valence-corrected chi connectivity index (χ2v) is 7.20. The van der Waals surface area contributed by atoms with Gasteiger partial charge in [0.2, 0.25) is 0 Å². The van der Waals surface area contributed by atoms with Crippen molar-refractivity contribution >= 4 is 21.5 Å². The van der Waals surface area contributed by atoms with E-state index in [0.717, 1.165) is 22.3 Å². The molecule has 138 valence electrons. The predicted molar refractivity (Wildman–Crippen MR) is 126 cm³/mol. The highest BCUT2D eigenvalue weighted by atomic mass is 14.0. The molecule has 0 nitrogen and oxygen atoms in total. The van der Waals surface area contributed by atoms with E-state index in [4.69, 9.17) is 0 Å². The van der Waals surface area contributed by atoms with Crippen LogP contribution in [0.1, 0.15) is 22.3 Å². The summed E-state index contributed by atoms with van der Waals surface area (Å²) in [6.07, 6.45) is 0. The molecule has 0 amide bonds. The molecule has 5 aromatic rings. The molecule has 0 aromatic heterocycles. The van der Waals surface area contributed by atoms with Crippen molar-refractivity contribution in [3.63, 3.8) is 0 Å². The molecule has 30 heavy (non-hydrogen) atoms. The molecular weight excluding hydrogens is 360 g/mol. The van der Waals surface area contributed by atoms with Gasteiger partial charge in [-0.15, -0.1) is 0 Å². The average Bonchev–Trinajstić information content (AvgIpc) is 2.82. The predicted octanol–water partition coefficient (Wildman–Crippen LogP) is 6.79. The molecule has 0 aliphatic heterocycles. The van der Waals surface area contributed by atoms with Crippen molar-refractivity contribution in [2.75, 3.05) is 0 Å². The zero-order valence-electron chi connectivity index (χ0n) is 16.4. The molecule has 0 heteroatoms. The fourth-order valence-corrected chi connectivity index (χ4v) is 3.46. The van der Waals surface area contributed by atoms with Gasteiger partial charge in [-0.2, -0.15) is 0 Å². The highest BCUT2D eigenvalue weighted by Gasteiger charge is 1.95. The Bertz CT molecular complexity index is 1360. The quantitative estimate of drug-likeness (QED) is 0.260. The molecule has 5 rings (SSSR count). The Morgan fingerprint density at radius 1 is 0.300 bits per heavy atom. The van der Waals surface area contributed by atoms with Crippen molar-refractivity contribution in [1.82, 2.24) is 0 Å². The van der Waals surface area contributed by atoms with Gasteiger partial charge in [0.15, 0.2) is 0 Å². The van der Waals surface area contributed by atoms with E-state index in [0.29, 0.717) is 0 Å². The maximum atomic E-state index is 3.26. The van der Waals surface area contributed by atoms with E-state index in [1.165, 1.54) is 21.5 Å². The molecule has 0 unspecified atom stereocenters. The summed E-state index contributed by atoms with van der Waals surface area (Å²) >= 11 is 0. The van der Waals surface area contributed by atoms with Gasteiger partial charge in [-0.3, -0.25) is 0 Å². The first-order valence-corrected chi connectivity index (χ1v) is 9.95. The van der Waals surface area contributed by atoms with Crippen LogP contribution in [0.2, 0.25) is 0 Å². The largest absolute Gasteiger partial charge is 0.0617 e. The zero-order valence-corrected chi connectivity index (χ0v) is 16.4. The lowest BCUT2D eigenvalue weighted by Gasteiger charge is -1.98. The van der Waals surface area contributed by atoms with Gasteiger partial charge >= 0.3 is 0 Å². The van der Waals surface area contributed by atoms with Crippen molar-refractivity contribution in [1.29, 1.82) is 0 Å². The fourth-order valence-electron chi connectivity index (χ4n) is 3.46. The van der Waals surface area contributed by atoms with Crippen LogP contribution in [-0.4, -0.2) is 0 Å². The van der Waals surface area contributed by atoms with Crippen molar-refractivity contribution in [3.05, 3.63) is 131 Å². The van der Waals surface area contributed by atoms with Crippen molar-refractivity contribution < 1.29 is 0 Å². The number of fused-ring (bicyclic) bond motifs is 2. The second-order valence-electron chi connectivity index (χ2n) is 7.20. The van der Waals surface area contributed by atoms with Crippen molar-refractivity contribution in [2.45, 2.75) is 0 Å². The Balaban J connectivity index is 1.34. The maximum Gasteiger partial charge on any atom is 0.0255 e. The summed E-state index contributed by atoms with van der Waals surface area (Å²) < 4.78 is 0. The van der Waals surface area contributed by atoms with Crippen LogP contribution in [0.3, 0.4) is 0 Å². The van der Waals surface area contributed by atoms with E-state index in [9.17, 15) is 0 Å². The Morgan fingerprint density at radius 3 is 1.07 bits per heavy atom. The van der Waals surface area contributed by atoms with E-state index in [1.807, 2.05) is 24.3 Å². The van der Waals surface area contributed by atoms with Gasteiger partial charge in [0.1, 0.15) is 0 Å². The summed E-state index contributed by atoms with van der Waals surface area (Å²) in [5, 5.41) is 4.89. The standard InChI is InChI=1S/C30H18/c1-3-7-29-21-25(17-19-27(29)5-1)15-13-23-9-11-24(12-10-23)14-16-26-18-20-28-6-2-4-8-30(28)22-26/h1-12,17-22H. The lowest BCUT2D eigenvalue weighted by atomic mass is 10.1. The summed E-state index contributed by atoms with van der Waals surface area (Å²) in [5.74, 6) is 13.0. The molecule has 0 heterocycles. The summed E-state index contributed by atoms with van der Waals surface area (Å²) in [6.45, 7) is 0. The van der Waals surface area contributed by atoms with Gasteiger partial charge in [0.05, 0.1) is 0 Å². The van der Waals surface area contributed by atoms with Crippen molar-refractivity contribution in [3.8, 4) is 23.7 Å². The van der Waals surface area contributed by atoms with E-state index in [-0.39, 0.29) is 0 Å². The van der Waals surface area contributed by atoms with Crippen LogP contribution in [0.5, 0.6) is 0 Å². The van der Waals surface area contributed by atoms with Gasteiger partial charge in [0, 0.05) is 22.3 Å². The van der Waals surface area contributed by atoms with Gasteiger partial charge in [-0.25, -0.2) is 0 Å². The third kappa shape index (κ3) is 3.95. The molecule has 0 aliphatic carbocycles. The highest BCUT2D eigenvalue weighted by molar-refractivity contribution is 5.84. The SMILES string of the molecule is C(#Cc1ccc2ccccc2c1)c1ccc(C#Cc2ccc3ccccc3c2)cc1. The molecule has 0 fully saturated rings. The number of hydrogen-bond acceptors (Lipinski definition) is 0. The molecule has 0 bridgehead atoms. The first-order chi connectivity index (χ1) is 14.8. The minimum Gasteiger partial charge on any atom is -0.0617 e. The third-order valence-electron chi connectivity index (χ3n) is 5.09. The lowest BCUT2D eigenvalue weighted by Crippen LogP contribution is -1.80. The van der Waals surface area contributed by atoms with Crippen LogP contribution in [0, 0.1) is 23.7 Å². The Kier molecular flexibility index (Phi) is 4.75. The van der Waals surface area contributed by atoms with Crippen molar-refractivity contribution in [2.24, 2.45) is 0 Å². The number of rotatable bonds is 0. The first kappa shape index (κ1) is 17.8. The van der Waals surface area contributed by atoms with E-state index < -0.39 is 0 Å². The topological polar surface area (TPSA) is 0 Å². The lowest BCUT2D eigenvalue weighted by molar-refractivity contribution is 1.59. The Labute approximate surface area is 176 Å². The molecule has 0 radical (unpaired) electrons. The van der Waals surface area contributed by atoms with Gasteiger partial charge < -0.3 is 0 Å². The van der Waals surface area contributed by atoms with Crippen LogP contribution in [0.4, 0.5) is 0 Å². The minimum absolute atomic E-state index is 0.986. The normalized spacial score (nSPS) is 10.1. The molecule has 0 saturated carbocycles. The van der Waals surface area contributed by atoms with Crippen LogP contribution in [-0.2, 0) is 0 Å². The van der Waals surface area contributed by atoms with E-state index >= 15 is 0 Å².